The van der Waals surface area contributed by atoms with E-state index in [0.29, 0.717) is 19.7 Å². The summed E-state index contributed by atoms with van der Waals surface area (Å²) in [6.45, 7) is 2.92. The molecule has 118 valence electrons. The van der Waals surface area contributed by atoms with Crippen LogP contribution in [0.2, 0.25) is 0 Å². The van der Waals surface area contributed by atoms with Crippen LogP contribution in [0.5, 0.6) is 0 Å². The monoisotopic (exact) mass is 306 g/mol. The summed E-state index contributed by atoms with van der Waals surface area (Å²) in [7, 11) is 0. The average Bonchev–Trinajstić information content (AvgIpc) is 2.46. The second-order valence-electron chi connectivity index (χ2n) is 4.57. The molecule has 1 atom stereocenters. The largest absolute Gasteiger partial charge is 0.433 e. The summed E-state index contributed by atoms with van der Waals surface area (Å²) in [5, 5.41) is 12.0. The molecule has 2 heterocycles. The molecule has 1 aromatic rings. The first kappa shape index (κ1) is 15.8. The third kappa shape index (κ3) is 3.73. The number of halogens is 3. The highest BCUT2D eigenvalue weighted by atomic mass is 19.4. The first-order chi connectivity index (χ1) is 9.95. The molecule has 1 aliphatic rings. The molecular formula is C12H17F3N4O2. The lowest BCUT2D eigenvalue weighted by molar-refractivity contribution is -0.141. The van der Waals surface area contributed by atoms with E-state index in [1.807, 2.05) is 0 Å². The van der Waals surface area contributed by atoms with Crippen LogP contribution in [0.3, 0.4) is 0 Å². The number of aliphatic hydroxyl groups is 1. The first-order valence-corrected chi connectivity index (χ1v) is 6.61. The molecule has 0 aliphatic carbocycles. The number of alkyl halides is 3. The molecule has 21 heavy (non-hydrogen) atoms. The summed E-state index contributed by atoms with van der Waals surface area (Å²) >= 11 is 0. The second kappa shape index (κ2) is 6.44. The maximum Gasteiger partial charge on any atom is 0.433 e. The van der Waals surface area contributed by atoms with Crippen LogP contribution in [0, 0.1) is 0 Å². The van der Waals surface area contributed by atoms with E-state index in [1.165, 1.54) is 0 Å². The van der Waals surface area contributed by atoms with Gasteiger partial charge < -0.3 is 20.1 Å². The zero-order valence-corrected chi connectivity index (χ0v) is 11.5. The Morgan fingerprint density at radius 2 is 2.24 bits per heavy atom. The summed E-state index contributed by atoms with van der Waals surface area (Å²) in [6.07, 6.45) is -4.55. The van der Waals surface area contributed by atoms with Gasteiger partial charge in [0.05, 0.1) is 25.9 Å². The van der Waals surface area contributed by atoms with Crippen LogP contribution < -0.4 is 10.2 Å². The molecule has 0 amide bonds. The topological polar surface area (TPSA) is 70.5 Å². The minimum atomic E-state index is -4.55. The Hall–Kier alpha value is -1.61. The van der Waals surface area contributed by atoms with Crippen molar-refractivity contribution >= 4 is 11.8 Å². The summed E-state index contributed by atoms with van der Waals surface area (Å²) < 4.78 is 44.0. The molecule has 2 N–H and O–H groups in total. The third-order valence-electron chi connectivity index (χ3n) is 3.07. The molecule has 0 saturated carbocycles. The minimum Gasteiger partial charge on any atom is -0.394 e. The number of aliphatic hydroxyl groups excluding tert-OH is 1. The van der Waals surface area contributed by atoms with Crippen LogP contribution in [0.1, 0.15) is 12.6 Å². The molecule has 0 spiro atoms. The van der Waals surface area contributed by atoms with Gasteiger partial charge in [0.15, 0.2) is 5.69 Å². The highest BCUT2D eigenvalue weighted by Gasteiger charge is 2.35. The molecule has 1 aliphatic heterocycles. The maximum atomic E-state index is 12.9. The van der Waals surface area contributed by atoms with E-state index < -0.39 is 17.9 Å². The van der Waals surface area contributed by atoms with Gasteiger partial charge in [-0.3, -0.25) is 0 Å². The SMILES string of the molecule is CCNc1nc(N2CCOCC2CO)cc(C(F)(F)F)n1. The smallest absolute Gasteiger partial charge is 0.394 e. The molecule has 2 rings (SSSR count). The van der Waals surface area contributed by atoms with E-state index in [1.54, 1.807) is 11.8 Å². The minimum absolute atomic E-state index is 0.0782. The standard InChI is InChI=1S/C12H17F3N4O2/c1-2-16-11-17-9(12(13,14)15)5-10(18-11)19-3-4-21-7-8(19)6-20/h5,8,20H,2-4,6-7H2,1H3,(H,16,17,18). The van der Waals surface area contributed by atoms with E-state index in [0.717, 1.165) is 6.07 Å². The Balaban J connectivity index is 2.38. The highest BCUT2D eigenvalue weighted by Crippen LogP contribution is 2.31. The number of aromatic nitrogens is 2. The molecule has 6 nitrogen and oxygen atoms in total. The lowest BCUT2D eigenvalue weighted by atomic mass is 10.2. The zero-order valence-electron chi connectivity index (χ0n) is 11.5. The van der Waals surface area contributed by atoms with Crippen molar-refractivity contribution < 1.29 is 23.0 Å². The van der Waals surface area contributed by atoms with Gasteiger partial charge in [-0.1, -0.05) is 0 Å². The normalized spacial score (nSPS) is 19.7. The fourth-order valence-electron chi connectivity index (χ4n) is 2.07. The predicted molar refractivity (Wildman–Crippen MR) is 70.2 cm³/mol. The van der Waals surface area contributed by atoms with Gasteiger partial charge in [-0.2, -0.15) is 18.2 Å². The lowest BCUT2D eigenvalue weighted by Gasteiger charge is -2.35. The molecule has 0 aromatic carbocycles. The lowest BCUT2D eigenvalue weighted by Crippen LogP contribution is -2.48. The van der Waals surface area contributed by atoms with Gasteiger partial charge in [0, 0.05) is 19.2 Å². The molecule has 9 heteroatoms. The Morgan fingerprint density at radius 3 is 2.86 bits per heavy atom. The first-order valence-electron chi connectivity index (χ1n) is 6.61. The molecule has 1 fully saturated rings. The Labute approximate surface area is 119 Å². The van der Waals surface area contributed by atoms with Gasteiger partial charge in [0.2, 0.25) is 5.95 Å². The average molecular weight is 306 g/mol. The van der Waals surface area contributed by atoms with Gasteiger partial charge in [-0.15, -0.1) is 0 Å². The van der Waals surface area contributed by atoms with E-state index in [9.17, 15) is 18.3 Å². The van der Waals surface area contributed by atoms with Crippen molar-refractivity contribution in [3.8, 4) is 0 Å². The number of anilines is 2. The van der Waals surface area contributed by atoms with E-state index in [4.69, 9.17) is 4.74 Å². The van der Waals surface area contributed by atoms with Gasteiger partial charge in [0.1, 0.15) is 5.82 Å². The number of nitrogens with zero attached hydrogens (tertiary/aromatic N) is 3. The molecule has 0 bridgehead atoms. The Bertz CT molecular complexity index is 484. The number of ether oxygens (including phenoxy) is 1. The van der Waals surface area contributed by atoms with Gasteiger partial charge in [-0.05, 0) is 6.92 Å². The number of morpholine rings is 1. The summed E-state index contributed by atoms with van der Waals surface area (Å²) in [4.78, 5) is 9.18. The van der Waals surface area contributed by atoms with Gasteiger partial charge in [-0.25, -0.2) is 4.98 Å². The highest BCUT2D eigenvalue weighted by molar-refractivity contribution is 5.47. The van der Waals surface area contributed by atoms with Crippen LogP contribution in [-0.4, -0.2) is 54.0 Å². The molecule has 1 aromatic heterocycles. The molecule has 1 unspecified atom stereocenters. The summed E-state index contributed by atoms with van der Waals surface area (Å²) in [6, 6.07) is 0.485. The number of rotatable bonds is 4. The Morgan fingerprint density at radius 1 is 1.48 bits per heavy atom. The predicted octanol–water partition coefficient (Wildman–Crippen LogP) is 1.12. The number of hydrogen-bond acceptors (Lipinski definition) is 6. The fourth-order valence-corrected chi connectivity index (χ4v) is 2.07. The van der Waals surface area contributed by atoms with Crippen LogP contribution >= 0.6 is 0 Å². The van der Waals surface area contributed by atoms with E-state index >= 15 is 0 Å². The van der Waals surface area contributed by atoms with Gasteiger partial charge >= 0.3 is 6.18 Å². The van der Waals surface area contributed by atoms with Crippen molar-refractivity contribution in [2.75, 3.05) is 43.1 Å². The van der Waals surface area contributed by atoms with Crippen molar-refractivity contribution in [2.45, 2.75) is 19.1 Å². The van der Waals surface area contributed by atoms with Crippen molar-refractivity contribution in [2.24, 2.45) is 0 Å². The third-order valence-corrected chi connectivity index (χ3v) is 3.07. The van der Waals surface area contributed by atoms with Crippen molar-refractivity contribution in [1.82, 2.24) is 9.97 Å². The Kier molecular flexibility index (Phi) is 4.84. The zero-order chi connectivity index (χ0) is 15.5. The molecular weight excluding hydrogens is 289 g/mol. The summed E-state index contributed by atoms with van der Waals surface area (Å²) in [5.74, 6) is 0.0566. The van der Waals surface area contributed by atoms with E-state index in [2.05, 4.69) is 15.3 Å². The van der Waals surface area contributed by atoms with Crippen molar-refractivity contribution in [3.05, 3.63) is 11.8 Å². The van der Waals surface area contributed by atoms with E-state index in [-0.39, 0.29) is 25.0 Å². The number of hydrogen-bond donors (Lipinski definition) is 2. The molecule has 0 radical (unpaired) electrons. The van der Waals surface area contributed by atoms with Crippen molar-refractivity contribution in [3.63, 3.8) is 0 Å². The quantitative estimate of drug-likeness (QED) is 0.869. The van der Waals surface area contributed by atoms with Gasteiger partial charge in [0.25, 0.3) is 0 Å². The summed E-state index contributed by atoms with van der Waals surface area (Å²) in [5.41, 5.74) is -1.01. The van der Waals surface area contributed by atoms with Crippen LogP contribution in [-0.2, 0) is 10.9 Å². The maximum absolute atomic E-state index is 12.9. The van der Waals surface area contributed by atoms with Crippen LogP contribution in [0.4, 0.5) is 24.9 Å². The van der Waals surface area contributed by atoms with Crippen LogP contribution in [0.25, 0.3) is 0 Å². The number of nitrogens with one attached hydrogen (secondary N) is 1. The van der Waals surface area contributed by atoms with Crippen molar-refractivity contribution in [1.29, 1.82) is 0 Å². The fraction of sp³-hybridized carbons (Fsp3) is 0.667. The molecule has 1 saturated heterocycles. The van der Waals surface area contributed by atoms with Crippen LogP contribution in [0.15, 0.2) is 6.07 Å². The second-order valence-corrected chi connectivity index (χ2v) is 4.57.